The van der Waals surface area contributed by atoms with Crippen LogP contribution in [0.15, 0.2) is 41.5 Å². The molecule has 1 aliphatic heterocycles. The normalized spacial score (nSPS) is 18.0. The molecule has 0 spiro atoms. The second-order valence-corrected chi connectivity index (χ2v) is 7.30. The van der Waals surface area contributed by atoms with Crippen LogP contribution in [0.5, 0.6) is 0 Å². The lowest BCUT2D eigenvalue weighted by molar-refractivity contribution is -0.142. The lowest BCUT2D eigenvalue weighted by Gasteiger charge is -2.34. The molecule has 0 saturated carbocycles. The second-order valence-electron chi connectivity index (χ2n) is 7.30. The molecule has 2 N–H and O–H groups in total. The van der Waals surface area contributed by atoms with Gasteiger partial charge in [0.25, 0.3) is 0 Å². The Kier molecular flexibility index (Phi) is 8.95. The largest absolute Gasteiger partial charge is 0.435 e. The Morgan fingerprint density at radius 3 is 2.67 bits per heavy atom. The first kappa shape index (κ1) is 24.4. The molecular weight excluding hydrogens is 508 g/mol. The molecule has 1 fully saturated rings. The fourth-order valence-corrected chi connectivity index (χ4v) is 3.63. The molecule has 1 aliphatic rings. The van der Waals surface area contributed by atoms with Gasteiger partial charge in [0.2, 0.25) is 0 Å². The number of nitrogens with one attached hydrogen (secondary N) is 2. The Balaban J connectivity index is 0.00000320. The van der Waals surface area contributed by atoms with E-state index in [1.165, 1.54) is 23.5 Å². The number of guanidine groups is 1. The van der Waals surface area contributed by atoms with Gasteiger partial charge >= 0.3 is 6.18 Å². The minimum Gasteiger partial charge on any atom is -0.352 e. The van der Waals surface area contributed by atoms with E-state index < -0.39 is 11.9 Å². The molecule has 0 radical (unpaired) electrons. The standard InChI is InChI=1S/C20H27F3N6.HI/c1-24-19(25-11-16-13-28(2)27-18(16)20(21,22)23)26-17-9-6-10-29(14-17)12-15-7-4-3-5-8-15;/h3-5,7-8,13,17H,6,9-12,14H2,1-2H3,(H2,24,25,26);1H. The summed E-state index contributed by atoms with van der Waals surface area (Å²) in [6, 6.07) is 10.5. The van der Waals surface area contributed by atoms with Crippen molar-refractivity contribution < 1.29 is 13.2 Å². The highest BCUT2D eigenvalue weighted by Gasteiger charge is 2.36. The molecule has 1 aromatic heterocycles. The van der Waals surface area contributed by atoms with Crippen LogP contribution in [-0.2, 0) is 26.3 Å². The molecule has 0 amide bonds. The minimum absolute atomic E-state index is 0. The summed E-state index contributed by atoms with van der Waals surface area (Å²) in [4.78, 5) is 6.55. The predicted octanol–water partition coefficient (Wildman–Crippen LogP) is 3.39. The summed E-state index contributed by atoms with van der Waals surface area (Å²) in [6.45, 7) is 2.78. The highest BCUT2D eigenvalue weighted by Crippen LogP contribution is 2.30. The van der Waals surface area contributed by atoms with E-state index in [0.717, 1.165) is 32.5 Å². The van der Waals surface area contributed by atoms with Crippen LogP contribution in [-0.4, -0.2) is 46.8 Å². The van der Waals surface area contributed by atoms with Crippen LogP contribution in [0.25, 0.3) is 0 Å². The number of aliphatic imine (C=N–C) groups is 1. The van der Waals surface area contributed by atoms with Gasteiger partial charge in [0.1, 0.15) is 0 Å². The number of likely N-dealkylation sites (tertiary alicyclic amines) is 1. The Morgan fingerprint density at radius 1 is 1.27 bits per heavy atom. The number of aryl methyl sites for hydroxylation is 1. The summed E-state index contributed by atoms with van der Waals surface area (Å²) in [5.74, 6) is 0.494. The quantitative estimate of drug-likeness (QED) is 0.350. The maximum Gasteiger partial charge on any atom is 0.435 e. The number of halogens is 4. The Labute approximate surface area is 191 Å². The number of nitrogens with zero attached hydrogens (tertiary/aromatic N) is 4. The summed E-state index contributed by atoms with van der Waals surface area (Å²) in [5, 5.41) is 9.87. The van der Waals surface area contributed by atoms with Crippen LogP contribution in [0.2, 0.25) is 0 Å². The molecule has 3 rings (SSSR count). The summed E-state index contributed by atoms with van der Waals surface area (Å²) in [7, 11) is 3.10. The molecule has 0 aliphatic carbocycles. The van der Waals surface area contributed by atoms with Gasteiger partial charge in [-0.25, -0.2) is 0 Å². The van der Waals surface area contributed by atoms with Crippen LogP contribution in [0.3, 0.4) is 0 Å². The van der Waals surface area contributed by atoms with E-state index in [1.54, 1.807) is 7.05 Å². The van der Waals surface area contributed by atoms with Gasteiger partial charge in [-0.2, -0.15) is 18.3 Å². The topological polar surface area (TPSA) is 57.5 Å². The van der Waals surface area contributed by atoms with Crippen molar-refractivity contribution >= 4 is 29.9 Å². The number of hydrogen-bond donors (Lipinski definition) is 2. The fourth-order valence-electron chi connectivity index (χ4n) is 3.63. The Morgan fingerprint density at radius 2 is 2.00 bits per heavy atom. The number of benzene rings is 1. The molecule has 1 saturated heterocycles. The summed E-state index contributed by atoms with van der Waals surface area (Å²) in [5.41, 5.74) is 0.499. The van der Waals surface area contributed by atoms with Gasteiger partial charge in [0.15, 0.2) is 11.7 Å². The van der Waals surface area contributed by atoms with Gasteiger partial charge in [0, 0.05) is 51.5 Å². The first-order valence-corrected chi connectivity index (χ1v) is 9.68. The number of rotatable bonds is 5. The van der Waals surface area contributed by atoms with E-state index in [4.69, 9.17) is 0 Å². The lowest BCUT2D eigenvalue weighted by atomic mass is 10.0. The van der Waals surface area contributed by atoms with E-state index in [1.807, 2.05) is 18.2 Å². The van der Waals surface area contributed by atoms with Crippen molar-refractivity contribution in [2.45, 2.75) is 38.1 Å². The van der Waals surface area contributed by atoms with Crippen LogP contribution in [0.4, 0.5) is 13.2 Å². The number of alkyl halides is 3. The van der Waals surface area contributed by atoms with Crippen molar-refractivity contribution in [3.05, 3.63) is 53.3 Å². The van der Waals surface area contributed by atoms with Crippen LogP contribution in [0, 0.1) is 0 Å². The first-order chi connectivity index (χ1) is 13.8. The molecule has 10 heteroatoms. The summed E-state index contributed by atoms with van der Waals surface area (Å²) in [6.07, 6.45) is -1.04. The SMILES string of the molecule is CN=C(NCc1cn(C)nc1C(F)(F)F)NC1CCCN(Cc2ccccc2)C1.I. The van der Waals surface area contributed by atoms with Crippen molar-refractivity contribution in [1.29, 1.82) is 0 Å². The van der Waals surface area contributed by atoms with E-state index in [2.05, 4.69) is 37.8 Å². The van der Waals surface area contributed by atoms with Crippen LogP contribution >= 0.6 is 24.0 Å². The Hall–Kier alpha value is -1.82. The maximum atomic E-state index is 13.1. The number of hydrogen-bond acceptors (Lipinski definition) is 3. The van der Waals surface area contributed by atoms with Gasteiger partial charge in [-0.1, -0.05) is 30.3 Å². The number of piperidine rings is 1. The molecule has 1 unspecified atom stereocenters. The van der Waals surface area contributed by atoms with E-state index in [-0.39, 0.29) is 42.1 Å². The monoisotopic (exact) mass is 536 g/mol. The van der Waals surface area contributed by atoms with Gasteiger partial charge in [-0.3, -0.25) is 14.6 Å². The van der Waals surface area contributed by atoms with Crippen molar-refractivity contribution in [2.24, 2.45) is 12.0 Å². The third-order valence-corrected chi connectivity index (χ3v) is 4.94. The zero-order chi connectivity index (χ0) is 20.9. The first-order valence-electron chi connectivity index (χ1n) is 9.68. The number of aromatic nitrogens is 2. The second kappa shape index (κ2) is 11.0. The third kappa shape index (κ3) is 6.86. The maximum absolute atomic E-state index is 13.1. The van der Waals surface area contributed by atoms with Crippen molar-refractivity contribution in [3.8, 4) is 0 Å². The predicted molar refractivity (Wildman–Crippen MR) is 122 cm³/mol. The molecule has 6 nitrogen and oxygen atoms in total. The minimum atomic E-state index is -4.48. The fraction of sp³-hybridized carbons (Fsp3) is 0.500. The molecular formula is C20H28F3IN6. The highest BCUT2D eigenvalue weighted by atomic mass is 127. The van der Waals surface area contributed by atoms with E-state index in [0.29, 0.717) is 5.96 Å². The van der Waals surface area contributed by atoms with E-state index in [9.17, 15) is 13.2 Å². The highest BCUT2D eigenvalue weighted by molar-refractivity contribution is 14.0. The molecule has 1 atom stereocenters. The van der Waals surface area contributed by atoms with Crippen molar-refractivity contribution in [3.63, 3.8) is 0 Å². The molecule has 2 aromatic rings. The van der Waals surface area contributed by atoms with Crippen LogP contribution < -0.4 is 10.6 Å². The van der Waals surface area contributed by atoms with Gasteiger partial charge in [-0.15, -0.1) is 24.0 Å². The summed E-state index contributed by atoms with van der Waals surface area (Å²) >= 11 is 0. The molecule has 2 heterocycles. The average Bonchev–Trinajstić information content (AvgIpc) is 3.07. The summed E-state index contributed by atoms with van der Waals surface area (Å²) < 4.78 is 40.5. The van der Waals surface area contributed by atoms with Gasteiger partial charge in [-0.05, 0) is 24.9 Å². The lowest BCUT2D eigenvalue weighted by Crippen LogP contribution is -2.50. The third-order valence-electron chi connectivity index (χ3n) is 4.94. The van der Waals surface area contributed by atoms with Crippen molar-refractivity contribution in [2.75, 3.05) is 20.1 Å². The van der Waals surface area contributed by atoms with Crippen molar-refractivity contribution in [1.82, 2.24) is 25.3 Å². The Bertz CT molecular complexity index is 822. The van der Waals surface area contributed by atoms with Gasteiger partial charge < -0.3 is 10.6 Å². The van der Waals surface area contributed by atoms with Gasteiger partial charge in [0.05, 0.1) is 0 Å². The molecule has 166 valence electrons. The molecule has 0 bridgehead atoms. The van der Waals surface area contributed by atoms with E-state index >= 15 is 0 Å². The smallest absolute Gasteiger partial charge is 0.352 e. The zero-order valence-electron chi connectivity index (χ0n) is 17.1. The molecule has 1 aromatic carbocycles. The zero-order valence-corrected chi connectivity index (χ0v) is 19.4. The average molecular weight is 536 g/mol. The van der Waals surface area contributed by atoms with Crippen LogP contribution in [0.1, 0.15) is 29.7 Å². The molecule has 30 heavy (non-hydrogen) atoms.